The number of nitrogens with zero attached hydrogens (tertiary/aromatic N) is 1. The lowest BCUT2D eigenvalue weighted by Crippen LogP contribution is -2.44. The number of carbonyl (C=O) groups is 1. The third-order valence-corrected chi connectivity index (χ3v) is 3.04. The summed E-state index contributed by atoms with van der Waals surface area (Å²) in [6.45, 7) is 5.02. The van der Waals surface area contributed by atoms with Crippen molar-refractivity contribution >= 4 is 5.97 Å². The van der Waals surface area contributed by atoms with E-state index < -0.39 is 0 Å². The van der Waals surface area contributed by atoms with E-state index in [4.69, 9.17) is 4.74 Å². The fourth-order valence-electron chi connectivity index (χ4n) is 2.33. The molecule has 74 valence electrons. The largest absolute Gasteiger partial charge is 0.464 e. The van der Waals surface area contributed by atoms with Gasteiger partial charge in [0.25, 0.3) is 0 Å². The normalized spacial score (nSPS) is 36.2. The van der Waals surface area contributed by atoms with Crippen LogP contribution in [-0.2, 0) is 9.53 Å². The Morgan fingerprint density at radius 3 is 2.92 bits per heavy atom. The number of hydrogen-bond acceptors (Lipinski definition) is 3. The van der Waals surface area contributed by atoms with Crippen molar-refractivity contribution in [2.75, 3.05) is 19.7 Å². The molecule has 0 bridgehead atoms. The molecule has 13 heavy (non-hydrogen) atoms. The lowest BCUT2D eigenvalue weighted by molar-refractivity contribution is -0.142. The quantitative estimate of drug-likeness (QED) is 0.569. The summed E-state index contributed by atoms with van der Waals surface area (Å²) in [5.41, 5.74) is 0. The zero-order chi connectivity index (χ0) is 9.26. The van der Waals surface area contributed by atoms with Gasteiger partial charge < -0.3 is 4.74 Å². The van der Waals surface area contributed by atoms with Gasteiger partial charge in [0.15, 0.2) is 0 Å². The van der Waals surface area contributed by atoms with Crippen molar-refractivity contribution in [1.82, 2.24) is 4.90 Å². The third kappa shape index (κ3) is 1.85. The zero-order valence-corrected chi connectivity index (χ0v) is 8.16. The number of ether oxygens (including phenoxy) is 1. The van der Waals surface area contributed by atoms with E-state index >= 15 is 0 Å². The maximum atomic E-state index is 11.3. The van der Waals surface area contributed by atoms with Crippen molar-refractivity contribution < 1.29 is 9.53 Å². The van der Waals surface area contributed by atoms with Crippen molar-refractivity contribution in [1.29, 1.82) is 0 Å². The predicted molar refractivity (Wildman–Crippen MR) is 49.3 cm³/mol. The Hall–Kier alpha value is -0.570. The molecule has 0 N–H and O–H groups in total. The fourth-order valence-corrected chi connectivity index (χ4v) is 2.33. The minimum atomic E-state index is -0.00546. The van der Waals surface area contributed by atoms with Crippen LogP contribution in [0, 0.1) is 5.92 Å². The summed E-state index contributed by atoms with van der Waals surface area (Å²) in [6.07, 6.45) is 3.43. The molecule has 0 saturated carbocycles. The average molecular weight is 183 g/mol. The first kappa shape index (κ1) is 9.00. The first-order valence-electron chi connectivity index (χ1n) is 5.18. The van der Waals surface area contributed by atoms with Crippen LogP contribution < -0.4 is 0 Å². The van der Waals surface area contributed by atoms with Gasteiger partial charge in [0.05, 0.1) is 6.61 Å². The molecular formula is C10H17NO2. The smallest absolute Gasteiger partial charge is 0.323 e. The third-order valence-electron chi connectivity index (χ3n) is 3.04. The minimum Gasteiger partial charge on any atom is -0.464 e. The van der Waals surface area contributed by atoms with E-state index in [9.17, 15) is 4.79 Å². The van der Waals surface area contributed by atoms with E-state index in [1.54, 1.807) is 0 Å². The molecule has 0 aromatic heterocycles. The van der Waals surface area contributed by atoms with Gasteiger partial charge in [0.1, 0.15) is 6.04 Å². The van der Waals surface area contributed by atoms with Gasteiger partial charge in [0.2, 0.25) is 0 Å². The second-order valence-electron chi connectivity index (χ2n) is 4.21. The average Bonchev–Trinajstić information content (AvgIpc) is 2.51. The SMILES string of the molecule is CC1CCCN(C2CCOC2=O)C1. The monoisotopic (exact) mass is 183 g/mol. The van der Waals surface area contributed by atoms with Gasteiger partial charge in [-0.15, -0.1) is 0 Å². The van der Waals surface area contributed by atoms with E-state index in [-0.39, 0.29) is 12.0 Å². The molecule has 2 aliphatic rings. The van der Waals surface area contributed by atoms with E-state index in [0.717, 1.165) is 25.4 Å². The van der Waals surface area contributed by atoms with E-state index in [1.807, 2.05) is 0 Å². The van der Waals surface area contributed by atoms with Crippen molar-refractivity contribution in [3.8, 4) is 0 Å². The van der Waals surface area contributed by atoms with Crippen molar-refractivity contribution in [3.05, 3.63) is 0 Å². The molecule has 2 heterocycles. The molecule has 3 nitrogen and oxygen atoms in total. The van der Waals surface area contributed by atoms with Gasteiger partial charge in [-0.2, -0.15) is 0 Å². The number of carbonyl (C=O) groups excluding carboxylic acids is 1. The summed E-state index contributed by atoms with van der Waals surface area (Å²) < 4.78 is 4.97. The van der Waals surface area contributed by atoms with Crippen LogP contribution in [0.15, 0.2) is 0 Å². The summed E-state index contributed by atoms with van der Waals surface area (Å²) in [4.78, 5) is 13.6. The van der Waals surface area contributed by atoms with Crippen LogP contribution >= 0.6 is 0 Å². The second kappa shape index (κ2) is 3.66. The molecular weight excluding hydrogens is 166 g/mol. The van der Waals surface area contributed by atoms with Gasteiger partial charge in [-0.25, -0.2) is 0 Å². The topological polar surface area (TPSA) is 29.5 Å². The van der Waals surface area contributed by atoms with Crippen LogP contribution in [0.5, 0.6) is 0 Å². The first-order chi connectivity index (χ1) is 6.27. The molecule has 2 rings (SSSR count). The maximum Gasteiger partial charge on any atom is 0.323 e. The first-order valence-corrected chi connectivity index (χ1v) is 5.18. The lowest BCUT2D eigenvalue weighted by Gasteiger charge is -2.33. The van der Waals surface area contributed by atoms with Crippen molar-refractivity contribution in [3.63, 3.8) is 0 Å². The lowest BCUT2D eigenvalue weighted by atomic mass is 9.98. The molecule has 2 fully saturated rings. The Morgan fingerprint density at radius 1 is 1.46 bits per heavy atom. The summed E-state index contributed by atoms with van der Waals surface area (Å²) >= 11 is 0. The Kier molecular flexibility index (Phi) is 2.54. The molecule has 0 aliphatic carbocycles. The number of hydrogen-bond donors (Lipinski definition) is 0. The highest BCUT2D eigenvalue weighted by molar-refractivity contribution is 5.77. The number of esters is 1. The standard InChI is InChI=1S/C10H17NO2/c1-8-3-2-5-11(7-8)9-4-6-13-10(9)12/h8-9H,2-7H2,1H3. The highest BCUT2D eigenvalue weighted by Gasteiger charge is 2.33. The summed E-state index contributed by atoms with van der Waals surface area (Å²) in [6, 6.07) is 0.0720. The fraction of sp³-hybridized carbons (Fsp3) is 0.900. The second-order valence-corrected chi connectivity index (χ2v) is 4.21. The summed E-state index contributed by atoms with van der Waals surface area (Å²) in [5.74, 6) is 0.733. The van der Waals surface area contributed by atoms with Crippen molar-refractivity contribution in [2.45, 2.75) is 32.2 Å². The van der Waals surface area contributed by atoms with Gasteiger partial charge in [0, 0.05) is 13.0 Å². The molecule has 0 aromatic carbocycles. The molecule has 2 saturated heterocycles. The van der Waals surface area contributed by atoms with Gasteiger partial charge >= 0.3 is 5.97 Å². The molecule has 0 aromatic rings. The van der Waals surface area contributed by atoms with Crippen LogP contribution in [0.3, 0.4) is 0 Å². The Balaban J connectivity index is 1.95. The van der Waals surface area contributed by atoms with Crippen molar-refractivity contribution in [2.24, 2.45) is 5.92 Å². The molecule has 2 atom stereocenters. The van der Waals surface area contributed by atoms with E-state index in [0.29, 0.717) is 6.61 Å². The number of rotatable bonds is 1. The summed E-state index contributed by atoms with van der Waals surface area (Å²) in [7, 11) is 0. The maximum absolute atomic E-state index is 11.3. The van der Waals surface area contributed by atoms with Gasteiger partial charge in [-0.3, -0.25) is 9.69 Å². The number of likely N-dealkylation sites (tertiary alicyclic amines) is 1. The van der Waals surface area contributed by atoms with Crippen LogP contribution in [0.1, 0.15) is 26.2 Å². The highest BCUT2D eigenvalue weighted by atomic mass is 16.5. The van der Waals surface area contributed by atoms with Crippen LogP contribution in [0.25, 0.3) is 0 Å². The number of cyclic esters (lactones) is 1. The molecule has 2 aliphatic heterocycles. The van der Waals surface area contributed by atoms with Crippen LogP contribution in [0.2, 0.25) is 0 Å². The summed E-state index contributed by atoms with van der Waals surface area (Å²) in [5, 5.41) is 0. The Bertz CT molecular complexity index is 205. The Labute approximate surface area is 79.0 Å². The van der Waals surface area contributed by atoms with E-state index in [2.05, 4.69) is 11.8 Å². The van der Waals surface area contributed by atoms with Crippen LogP contribution in [-0.4, -0.2) is 36.6 Å². The van der Waals surface area contributed by atoms with Crippen LogP contribution in [0.4, 0.5) is 0 Å². The molecule has 2 unspecified atom stereocenters. The molecule has 0 amide bonds. The van der Waals surface area contributed by atoms with Gasteiger partial charge in [-0.05, 0) is 25.3 Å². The van der Waals surface area contributed by atoms with E-state index in [1.165, 1.54) is 12.8 Å². The highest BCUT2D eigenvalue weighted by Crippen LogP contribution is 2.22. The molecule has 0 radical (unpaired) electrons. The Morgan fingerprint density at radius 2 is 2.31 bits per heavy atom. The molecule has 3 heteroatoms. The minimum absolute atomic E-state index is 0.00546. The predicted octanol–water partition coefficient (Wildman–Crippen LogP) is 1.03. The molecule has 0 spiro atoms. The number of piperidine rings is 1. The zero-order valence-electron chi connectivity index (χ0n) is 8.16. The van der Waals surface area contributed by atoms with Gasteiger partial charge in [-0.1, -0.05) is 6.92 Å².